The topological polar surface area (TPSA) is 214 Å². The summed E-state index contributed by atoms with van der Waals surface area (Å²) in [6.07, 6.45) is -13.4. The van der Waals surface area contributed by atoms with Crippen LogP contribution in [0.5, 0.6) is 0 Å². The number of esters is 4. The zero-order valence-electron chi connectivity index (χ0n) is 28.7. The van der Waals surface area contributed by atoms with Crippen LogP contribution in [0, 0.1) is 23.7 Å². The number of hydrogen-bond acceptors (Lipinski definition) is 15. The summed E-state index contributed by atoms with van der Waals surface area (Å²) in [6.45, 7) is 12.2. The summed E-state index contributed by atoms with van der Waals surface area (Å²) in [4.78, 5) is 50.8. The lowest BCUT2D eigenvalue weighted by Gasteiger charge is -2.45. The first-order valence-corrected chi connectivity index (χ1v) is 16.2. The van der Waals surface area contributed by atoms with E-state index in [4.69, 9.17) is 33.2 Å². The van der Waals surface area contributed by atoms with Crippen LogP contribution in [0.4, 0.5) is 0 Å². The van der Waals surface area contributed by atoms with Gasteiger partial charge in [-0.25, -0.2) is 0 Å². The van der Waals surface area contributed by atoms with Gasteiger partial charge in [0, 0.05) is 25.7 Å². The Morgan fingerprint density at radius 3 is 1.66 bits per heavy atom. The fourth-order valence-corrected chi connectivity index (χ4v) is 5.06. The predicted molar refractivity (Wildman–Crippen MR) is 162 cm³/mol. The van der Waals surface area contributed by atoms with Crippen LogP contribution >= 0.6 is 0 Å². The molecule has 0 amide bonds. The van der Waals surface area contributed by atoms with Gasteiger partial charge in [0.15, 0.2) is 12.2 Å². The van der Waals surface area contributed by atoms with Gasteiger partial charge in [-0.05, 0) is 23.7 Å². The highest BCUT2D eigenvalue weighted by Gasteiger charge is 2.62. The number of hydrogen-bond donors (Lipinski definition) is 4. The third-order valence-electron chi connectivity index (χ3n) is 7.28. The number of aliphatic hydroxyl groups excluding tert-OH is 4. The number of carbonyl (C=O) groups excluding carboxylic acids is 4. The van der Waals surface area contributed by atoms with E-state index in [0.717, 1.165) is 0 Å². The highest BCUT2D eigenvalue weighted by atomic mass is 16.8. The van der Waals surface area contributed by atoms with Gasteiger partial charge in [-0.3, -0.25) is 19.2 Å². The molecule has 15 heteroatoms. The van der Waals surface area contributed by atoms with Gasteiger partial charge in [0.05, 0.1) is 6.61 Å². The molecule has 0 aromatic carbocycles. The van der Waals surface area contributed by atoms with Crippen LogP contribution < -0.4 is 0 Å². The van der Waals surface area contributed by atoms with E-state index in [0.29, 0.717) is 0 Å². The van der Waals surface area contributed by atoms with Gasteiger partial charge in [-0.15, -0.1) is 0 Å². The molecule has 2 saturated heterocycles. The molecule has 0 saturated carbocycles. The van der Waals surface area contributed by atoms with Crippen molar-refractivity contribution in [1.29, 1.82) is 0 Å². The van der Waals surface area contributed by atoms with Gasteiger partial charge in [-0.2, -0.15) is 0 Å². The summed E-state index contributed by atoms with van der Waals surface area (Å²) in [7, 11) is 0. The van der Waals surface area contributed by atoms with Crippen LogP contribution in [0.25, 0.3) is 0 Å². The highest BCUT2D eigenvalue weighted by molar-refractivity contribution is 5.71. The monoisotopic (exact) mass is 678 g/mol. The van der Waals surface area contributed by atoms with E-state index in [9.17, 15) is 39.6 Å². The van der Waals surface area contributed by atoms with Gasteiger partial charge in [0.1, 0.15) is 43.7 Å². The molecule has 2 aliphatic rings. The molecule has 0 spiro atoms. The van der Waals surface area contributed by atoms with Crippen molar-refractivity contribution in [3.05, 3.63) is 0 Å². The minimum Gasteiger partial charge on any atom is -0.463 e. The molecular weight excluding hydrogens is 624 g/mol. The molecule has 272 valence electrons. The van der Waals surface area contributed by atoms with Gasteiger partial charge in [0.2, 0.25) is 12.1 Å². The second kappa shape index (κ2) is 18.4. The zero-order chi connectivity index (χ0) is 35.6. The van der Waals surface area contributed by atoms with E-state index in [-0.39, 0.29) is 49.4 Å². The molecule has 0 bridgehead atoms. The Hall–Kier alpha value is -2.40. The summed E-state index contributed by atoms with van der Waals surface area (Å²) >= 11 is 0. The summed E-state index contributed by atoms with van der Waals surface area (Å²) in [5.74, 6) is -5.58. The second-order valence-electron chi connectivity index (χ2n) is 13.9. The standard InChI is InChI=1S/C32H54O15/c1-16(2)9-22(34)41-14-21-27(39)30(45-25(37)12-19(7)8)32(46-21,15-42-23(35)10-17(3)4)47-31-29(44-24(36)11-18(5)6)28(40)26(38)20(13-33)43-31/h16-21,26-31,33,38-40H,9-15H2,1-8H3/t20-,21-,26-,27-,28+,29-,30+,31+,32+/m1/s1. The molecule has 0 aromatic rings. The minimum absolute atomic E-state index is 0.0143. The Balaban J connectivity index is 2.58. The van der Waals surface area contributed by atoms with Crippen LogP contribution in [-0.2, 0) is 52.3 Å². The molecule has 0 aromatic heterocycles. The molecule has 2 aliphatic heterocycles. The maximum Gasteiger partial charge on any atom is 0.306 e. The number of carbonyl (C=O) groups is 4. The Bertz CT molecular complexity index is 1030. The van der Waals surface area contributed by atoms with Crippen LogP contribution in [0.15, 0.2) is 0 Å². The van der Waals surface area contributed by atoms with Crippen molar-refractivity contribution >= 4 is 23.9 Å². The molecule has 15 nitrogen and oxygen atoms in total. The maximum atomic E-state index is 13.0. The van der Waals surface area contributed by atoms with Crippen molar-refractivity contribution in [3.8, 4) is 0 Å². The first kappa shape index (κ1) is 40.8. The third kappa shape index (κ3) is 12.2. The molecular formula is C32H54O15. The van der Waals surface area contributed by atoms with E-state index in [2.05, 4.69) is 0 Å². The third-order valence-corrected chi connectivity index (χ3v) is 7.28. The Morgan fingerprint density at radius 2 is 1.15 bits per heavy atom. The largest absolute Gasteiger partial charge is 0.463 e. The summed E-state index contributed by atoms with van der Waals surface area (Å²) in [5.41, 5.74) is 0. The maximum absolute atomic E-state index is 13.0. The average molecular weight is 679 g/mol. The first-order chi connectivity index (χ1) is 21.9. The van der Waals surface area contributed by atoms with Crippen molar-refractivity contribution in [1.82, 2.24) is 0 Å². The molecule has 2 heterocycles. The molecule has 2 fully saturated rings. The fourth-order valence-electron chi connectivity index (χ4n) is 5.06. The van der Waals surface area contributed by atoms with E-state index in [1.54, 1.807) is 41.5 Å². The summed E-state index contributed by atoms with van der Waals surface area (Å²) in [6, 6.07) is 0. The first-order valence-electron chi connectivity index (χ1n) is 16.2. The summed E-state index contributed by atoms with van der Waals surface area (Å²) < 4.78 is 40.0. The van der Waals surface area contributed by atoms with E-state index < -0.39 is 98.5 Å². The van der Waals surface area contributed by atoms with E-state index >= 15 is 0 Å². The molecule has 0 unspecified atom stereocenters. The van der Waals surface area contributed by atoms with Crippen LogP contribution in [-0.4, -0.2) is 119 Å². The molecule has 4 N–H and O–H groups in total. The highest BCUT2D eigenvalue weighted by Crippen LogP contribution is 2.40. The van der Waals surface area contributed by atoms with E-state index in [1.807, 2.05) is 13.8 Å². The SMILES string of the molecule is CC(C)CC(=O)OC[C@H]1O[C@@](COC(=O)CC(C)C)(O[C@@H]2O[C@H](CO)[C@@H](O)[C@H](O)[C@H]2OC(=O)CC(C)C)[C@@H](OC(=O)CC(C)C)[C@@H]1O. The predicted octanol–water partition coefficient (Wildman–Crippen LogP) is 0.992. The van der Waals surface area contributed by atoms with Gasteiger partial charge >= 0.3 is 23.9 Å². The van der Waals surface area contributed by atoms with Gasteiger partial charge in [0.25, 0.3) is 0 Å². The fraction of sp³-hybridized carbons (Fsp3) is 0.875. The number of rotatable bonds is 17. The lowest BCUT2D eigenvalue weighted by molar-refractivity contribution is -0.384. The molecule has 0 radical (unpaired) electrons. The number of aliphatic hydroxyl groups is 4. The Kier molecular flexibility index (Phi) is 16.0. The average Bonchev–Trinajstić information content (AvgIpc) is 3.19. The van der Waals surface area contributed by atoms with Crippen LogP contribution in [0.2, 0.25) is 0 Å². The quantitative estimate of drug-likeness (QED) is 0.125. The smallest absolute Gasteiger partial charge is 0.306 e. The molecule has 9 atom stereocenters. The molecule has 0 aliphatic carbocycles. The normalized spacial score (nSPS) is 31.0. The van der Waals surface area contributed by atoms with Crippen molar-refractivity contribution in [3.63, 3.8) is 0 Å². The number of ether oxygens (including phenoxy) is 7. The lowest BCUT2D eigenvalue weighted by atomic mass is 9.98. The van der Waals surface area contributed by atoms with Crippen molar-refractivity contribution in [2.24, 2.45) is 23.7 Å². The van der Waals surface area contributed by atoms with Gasteiger partial charge < -0.3 is 53.6 Å². The van der Waals surface area contributed by atoms with Crippen LogP contribution in [0.1, 0.15) is 81.1 Å². The minimum atomic E-state index is -2.37. The summed E-state index contributed by atoms with van der Waals surface area (Å²) in [5, 5.41) is 42.9. The molecule has 47 heavy (non-hydrogen) atoms. The van der Waals surface area contributed by atoms with Crippen LogP contribution in [0.3, 0.4) is 0 Å². The van der Waals surface area contributed by atoms with Crippen molar-refractivity contribution < 1.29 is 72.8 Å². The van der Waals surface area contributed by atoms with Crippen molar-refractivity contribution in [2.75, 3.05) is 19.8 Å². The lowest BCUT2D eigenvalue weighted by Crippen LogP contribution is -2.64. The van der Waals surface area contributed by atoms with Crippen molar-refractivity contribution in [2.45, 2.75) is 136 Å². The Morgan fingerprint density at radius 1 is 0.660 bits per heavy atom. The molecule has 2 rings (SSSR count). The van der Waals surface area contributed by atoms with Gasteiger partial charge in [-0.1, -0.05) is 55.4 Å². The Labute approximate surface area is 276 Å². The second-order valence-corrected chi connectivity index (χ2v) is 13.9. The zero-order valence-corrected chi connectivity index (χ0v) is 28.7. The van der Waals surface area contributed by atoms with E-state index in [1.165, 1.54) is 0 Å².